The first-order chi connectivity index (χ1) is 12.4. The van der Waals surface area contributed by atoms with Crippen molar-refractivity contribution in [3.05, 3.63) is 47.1 Å². The van der Waals surface area contributed by atoms with Gasteiger partial charge in [0.05, 0.1) is 12.7 Å². The molecule has 2 N–H and O–H groups in total. The zero-order valence-electron chi connectivity index (χ0n) is 16.2. The van der Waals surface area contributed by atoms with E-state index < -0.39 is 0 Å². The van der Waals surface area contributed by atoms with Gasteiger partial charge in [-0.25, -0.2) is 9.98 Å². The normalized spacial score (nSPS) is 11.7. The Morgan fingerprint density at radius 3 is 2.52 bits per heavy atom. The molecule has 0 fully saturated rings. The fraction of sp³-hybridized carbons (Fsp3) is 0.474. The molecule has 2 rings (SSSR count). The first-order valence-electron chi connectivity index (χ1n) is 8.74. The lowest BCUT2D eigenvalue weighted by atomic mass is 9.94. The third-order valence-electron chi connectivity index (χ3n) is 3.49. The zero-order chi connectivity index (χ0) is 19.0. The molecule has 1 heterocycles. The molecule has 1 aromatic carbocycles. The maximum Gasteiger partial charge on any atom is 0.216 e. The Labute approximate surface area is 183 Å². The molecule has 0 aliphatic heterocycles. The van der Waals surface area contributed by atoms with Crippen LogP contribution in [0.25, 0.3) is 0 Å². The Morgan fingerprint density at radius 2 is 1.93 bits per heavy atom. The lowest BCUT2D eigenvalue weighted by molar-refractivity contribution is 0.322. The number of benzene rings is 1. The van der Waals surface area contributed by atoms with Crippen molar-refractivity contribution < 1.29 is 9.15 Å². The maximum atomic E-state index is 5.86. The molecular weight excluding hydrogens is 479 g/mol. The molecule has 27 heavy (non-hydrogen) atoms. The van der Waals surface area contributed by atoms with Crippen molar-refractivity contribution in [3.8, 4) is 5.75 Å². The summed E-state index contributed by atoms with van der Waals surface area (Å²) in [5, 5.41) is 7.11. The van der Waals surface area contributed by atoms with E-state index in [9.17, 15) is 0 Å². The fourth-order valence-electron chi connectivity index (χ4n) is 2.09. The summed E-state index contributed by atoms with van der Waals surface area (Å²) in [6, 6.07) is 7.30. The number of nitrogens with one attached hydrogen (secondary N) is 2. The van der Waals surface area contributed by atoms with Crippen LogP contribution in [0.5, 0.6) is 5.75 Å². The van der Waals surface area contributed by atoms with Gasteiger partial charge in [0.1, 0.15) is 24.7 Å². The zero-order valence-corrected chi connectivity index (χ0v) is 19.3. The van der Waals surface area contributed by atoms with Crippen LogP contribution in [-0.4, -0.2) is 30.6 Å². The van der Waals surface area contributed by atoms with Gasteiger partial charge in [0.15, 0.2) is 5.96 Å². The van der Waals surface area contributed by atoms with E-state index in [0.717, 1.165) is 18.1 Å². The molecule has 1 aromatic heterocycles. The first kappa shape index (κ1) is 23.6. The molecule has 0 radical (unpaired) electrons. The number of halogens is 2. The summed E-state index contributed by atoms with van der Waals surface area (Å²) >= 11 is 5.86. The van der Waals surface area contributed by atoms with Crippen LogP contribution in [0.3, 0.4) is 0 Å². The quantitative estimate of drug-likeness (QED) is 0.252. The minimum Gasteiger partial charge on any atom is -0.492 e. The molecule has 0 aliphatic carbocycles. The van der Waals surface area contributed by atoms with E-state index in [0.29, 0.717) is 36.6 Å². The average molecular weight is 507 g/mol. The molecule has 8 heteroatoms. The van der Waals surface area contributed by atoms with Crippen molar-refractivity contribution in [2.45, 2.75) is 39.7 Å². The highest BCUT2D eigenvalue weighted by atomic mass is 127. The number of ether oxygens (including phenoxy) is 1. The lowest BCUT2D eigenvalue weighted by Gasteiger charge is -2.13. The SMILES string of the molecule is CCNC(=NCc1ncc(C(C)(C)C)o1)NCCOc1ccc(Cl)cc1.I. The Kier molecular flexibility index (Phi) is 9.93. The van der Waals surface area contributed by atoms with Crippen molar-refractivity contribution in [1.29, 1.82) is 0 Å². The minimum atomic E-state index is -0.0588. The summed E-state index contributed by atoms with van der Waals surface area (Å²) in [5.74, 6) is 2.94. The molecule has 2 aromatic rings. The van der Waals surface area contributed by atoms with Gasteiger partial charge in [0, 0.05) is 17.0 Å². The second kappa shape index (κ2) is 11.4. The molecule has 0 saturated heterocycles. The number of aliphatic imine (C=N–C) groups is 1. The molecule has 0 bridgehead atoms. The molecule has 150 valence electrons. The van der Waals surface area contributed by atoms with Crippen LogP contribution >= 0.6 is 35.6 Å². The number of hydrogen-bond acceptors (Lipinski definition) is 4. The van der Waals surface area contributed by atoms with E-state index in [4.69, 9.17) is 20.8 Å². The van der Waals surface area contributed by atoms with Crippen LogP contribution in [0.1, 0.15) is 39.3 Å². The number of guanidine groups is 1. The van der Waals surface area contributed by atoms with Crippen LogP contribution in [0.4, 0.5) is 0 Å². The number of nitrogens with zero attached hydrogens (tertiary/aromatic N) is 2. The van der Waals surface area contributed by atoms with Crippen molar-refractivity contribution in [2.24, 2.45) is 4.99 Å². The topological polar surface area (TPSA) is 71.7 Å². The van der Waals surface area contributed by atoms with E-state index in [1.54, 1.807) is 18.3 Å². The standard InChI is InChI=1S/C19H27ClN4O2.HI/c1-5-21-18(22-10-11-25-15-8-6-14(20)7-9-15)24-13-17-23-12-16(26-17)19(2,3)4;/h6-9,12H,5,10-11,13H2,1-4H3,(H2,21,22,24);1H. The molecular formula is C19H28ClIN4O2. The highest BCUT2D eigenvalue weighted by Gasteiger charge is 2.18. The van der Waals surface area contributed by atoms with Crippen molar-refractivity contribution in [3.63, 3.8) is 0 Å². The third-order valence-corrected chi connectivity index (χ3v) is 3.74. The lowest BCUT2D eigenvalue weighted by Crippen LogP contribution is -2.39. The van der Waals surface area contributed by atoms with Gasteiger partial charge in [-0.05, 0) is 31.2 Å². The predicted molar refractivity (Wildman–Crippen MR) is 120 cm³/mol. The Morgan fingerprint density at radius 1 is 1.22 bits per heavy atom. The Hall–Kier alpha value is -1.48. The van der Waals surface area contributed by atoms with E-state index in [-0.39, 0.29) is 29.4 Å². The molecule has 0 unspecified atom stereocenters. The van der Waals surface area contributed by atoms with Crippen LogP contribution in [-0.2, 0) is 12.0 Å². The van der Waals surface area contributed by atoms with Crippen LogP contribution in [0.2, 0.25) is 5.02 Å². The van der Waals surface area contributed by atoms with Gasteiger partial charge in [-0.15, -0.1) is 24.0 Å². The largest absolute Gasteiger partial charge is 0.492 e. The predicted octanol–water partition coefficient (Wildman–Crippen LogP) is 4.38. The summed E-state index contributed by atoms with van der Waals surface area (Å²) in [7, 11) is 0. The Bertz CT molecular complexity index is 711. The number of oxazole rings is 1. The van der Waals surface area contributed by atoms with Gasteiger partial charge < -0.3 is 19.8 Å². The van der Waals surface area contributed by atoms with Gasteiger partial charge in [-0.1, -0.05) is 32.4 Å². The summed E-state index contributed by atoms with van der Waals surface area (Å²) < 4.78 is 11.4. The van der Waals surface area contributed by atoms with Gasteiger partial charge in [0.25, 0.3) is 0 Å². The maximum absolute atomic E-state index is 5.86. The smallest absolute Gasteiger partial charge is 0.216 e. The van der Waals surface area contributed by atoms with Crippen LogP contribution in [0.15, 0.2) is 39.9 Å². The Balaban J connectivity index is 0.00000364. The van der Waals surface area contributed by atoms with Gasteiger partial charge in [-0.3, -0.25) is 0 Å². The van der Waals surface area contributed by atoms with Crippen molar-refractivity contribution in [1.82, 2.24) is 15.6 Å². The fourth-order valence-corrected chi connectivity index (χ4v) is 2.21. The van der Waals surface area contributed by atoms with Gasteiger partial charge >= 0.3 is 0 Å². The van der Waals surface area contributed by atoms with Gasteiger partial charge in [-0.2, -0.15) is 0 Å². The van der Waals surface area contributed by atoms with E-state index in [1.807, 2.05) is 19.1 Å². The summed E-state index contributed by atoms with van der Waals surface area (Å²) in [6.45, 7) is 10.6. The second-order valence-electron chi connectivity index (χ2n) is 6.79. The summed E-state index contributed by atoms with van der Waals surface area (Å²) in [6.07, 6.45) is 1.77. The van der Waals surface area contributed by atoms with Gasteiger partial charge in [0.2, 0.25) is 5.89 Å². The number of aromatic nitrogens is 1. The third kappa shape index (κ3) is 8.38. The summed E-state index contributed by atoms with van der Waals surface area (Å²) in [4.78, 5) is 8.79. The molecule has 0 spiro atoms. The highest BCUT2D eigenvalue weighted by molar-refractivity contribution is 14.0. The molecule has 6 nitrogen and oxygen atoms in total. The molecule has 0 aliphatic rings. The van der Waals surface area contributed by atoms with Crippen molar-refractivity contribution in [2.75, 3.05) is 19.7 Å². The monoisotopic (exact) mass is 506 g/mol. The molecule has 0 atom stereocenters. The van der Waals surface area contributed by atoms with E-state index in [1.165, 1.54) is 0 Å². The number of rotatable bonds is 7. The summed E-state index contributed by atoms with van der Waals surface area (Å²) in [5.41, 5.74) is -0.0588. The second-order valence-corrected chi connectivity index (χ2v) is 7.23. The minimum absolute atomic E-state index is 0. The van der Waals surface area contributed by atoms with Crippen molar-refractivity contribution >= 4 is 41.5 Å². The average Bonchev–Trinajstić information content (AvgIpc) is 3.07. The highest BCUT2D eigenvalue weighted by Crippen LogP contribution is 2.22. The molecule has 0 saturated carbocycles. The van der Waals surface area contributed by atoms with Crippen LogP contribution < -0.4 is 15.4 Å². The van der Waals surface area contributed by atoms with E-state index in [2.05, 4.69) is 41.4 Å². The molecule has 0 amide bonds. The number of hydrogen-bond donors (Lipinski definition) is 2. The van der Waals surface area contributed by atoms with Crippen LogP contribution in [0, 0.1) is 0 Å². The first-order valence-corrected chi connectivity index (χ1v) is 9.12. The van der Waals surface area contributed by atoms with E-state index >= 15 is 0 Å².